The van der Waals surface area contributed by atoms with E-state index in [4.69, 9.17) is 21.1 Å². The maximum Gasteiger partial charge on any atom is 0.438 e. The highest BCUT2D eigenvalue weighted by Crippen LogP contribution is 2.28. The standard InChI is InChI=1S/C26H31ClN2O7/c1-15-12-16(2)14-18(13-15)22(30)29(26(4,5)6)28(25(33)36-21(27)24(32)35-8)23(31)19-10-9-11-20(34-7)17(19)3/h9-14,21H,1-8H3. The first-order valence-electron chi connectivity index (χ1n) is 11.1. The zero-order valence-electron chi connectivity index (χ0n) is 21.7. The molecule has 0 aromatic heterocycles. The molecule has 0 saturated heterocycles. The predicted octanol–water partition coefficient (Wildman–Crippen LogP) is 4.79. The zero-order chi connectivity index (χ0) is 27.4. The molecule has 0 saturated carbocycles. The van der Waals surface area contributed by atoms with E-state index < -0.39 is 35.0 Å². The van der Waals surface area contributed by atoms with Gasteiger partial charge in [0.1, 0.15) is 5.75 Å². The number of nitrogens with zero attached hydrogens (tertiary/aromatic N) is 2. The van der Waals surface area contributed by atoms with Crippen molar-refractivity contribution in [2.24, 2.45) is 0 Å². The molecule has 2 rings (SSSR count). The van der Waals surface area contributed by atoms with Crippen LogP contribution in [0.2, 0.25) is 0 Å². The quantitative estimate of drug-likeness (QED) is 0.318. The molecule has 0 spiro atoms. The molecule has 194 valence electrons. The van der Waals surface area contributed by atoms with Gasteiger partial charge in [0.05, 0.1) is 19.8 Å². The van der Waals surface area contributed by atoms with E-state index in [-0.39, 0.29) is 11.1 Å². The van der Waals surface area contributed by atoms with E-state index in [2.05, 4.69) is 4.74 Å². The number of alkyl halides is 1. The summed E-state index contributed by atoms with van der Waals surface area (Å²) in [5, 5.41) is 1.55. The van der Waals surface area contributed by atoms with Crippen molar-refractivity contribution in [3.05, 3.63) is 64.2 Å². The molecule has 1 atom stereocenters. The van der Waals surface area contributed by atoms with Crippen LogP contribution in [0.15, 0.2) is 36.4 Å². The van der Waals surface area contributed by atoms with Crippen LogP contribution in [0.25, 0.3) is 0 Å². The van der Waals surface area contributed by atoms with Gasteiger partial charge < -0.3 is 14.2 Å². The molecule has 0 aliphatic rings. The molecule has 0 aliphatic carbocycles. The highest BCUT2D eigenvalue weighted by molar-refractivity contribution is 6.29. The fourth-order valence-corrected chi connectivity index (χ4v) is 3.80. The number of hydrazine groups is 1. The number of imide groups is 1. The number of methoxy groups -OCH3 is 2. The first-order chi connectivity index (χ1) is 16.7. The summed E-state index contributed by atoms with van der Waals surface area (Å²) in [5.41, 5.74) is -0.522. The van der Waals surface area contributed by atoms with Crippen LogP contribution < -0.4 is 4.74 Å². The fourth-order valence-electron chi connectivity index (χ4n) is 3.63. The van der Waals surface area contributed by atoms with Crippen molar-refractivity contribution < 1.29 is 33.4 Å². The number of rotatable bonds is 5. The maximum atomic E-state index is 13.9. The monoisotopic (exact) mass is 518 g/mol. The molecule has 10 heteroatoms. The molecular formula is C26H31ClN2O7. The van der Waals surface area contributed by atoms with Gasteiger partial charge in [-0.15, -0.1) is 5.01 Å². The lowest BCUT2D eigenvalue weighted by Crippen LogP contribution is -2.60. The third-order valence-electron chi connectivity index (χ3n) is 5.19. The molecule has 2 aromatic carbocycles. The first kappa shape index (κ1) is 28.6. The van der Waals surface area contributed by atoms with E-state index in [1.165, 1.54) is 13.2 Å². The Hall–Kier alpha value is -3.59. The van der Waals surface area contributed by atoms with Gasteiger partial charge in [-0.3, -0.25) is 9.59 Å². The normalized spacial score (nSPS) is 11.8. The average molecular weight is 519 g/mol. The minimum absolute atomic E-state index is 0.0814. The van der Waals surface area contributed by atoms with Gasteiger partial charge in [-0.25, -0.2) is 14.6 Å². The van der Waals surface area contributed by atoms with Crippen LogP contribution in [-0.4, -0.2) is 59.2 Å². The summed E-state index contributed by atoms with van der Waals surface area (Å²) in [7, 11) is 2.52. The van der Waals surface area contributed by atoms with Crippen molar-refractivity contribution in [1.82, 2.24) is 10.0 Å². The van der Waals surface area contributed by atoms with Crippen LogP contribution in [0.5, 0.6) is 5.75 Å². The number of ether oxygens (including phenoxy) is 3. The minimum atomic E-state index is -1.85. The third kappa shape index (κ3) is 6.34. The van der Waals surface area contributed by atoms with E-state index >= 15 is 0 Å². The van der Waals surface area contributed by atoms with Gasteiger partial charge in [0, 0.05) is 16.7 Å². The summed E-state index contributed by atoms with van der Waals surface area (Å²) >= 11 is 5.88. The minimum Gasteiger partial charge on any atom is -0.496 e. The lowest BCUT2D eigenvalue weighted by Gasteiger charge is -2.41. The SMILES string of the molecule is COC(=O)C(Cl)OC(=O)N(C(=O)c1cccc(OC)c1C)N(C(=O)c1cc(C)cc(C)c1)C(C)(C)C. The molecule has 3 amide bonds. The molecular weight excluding hydrogens is 488 g/mol. The van der Waals surface area contributed by atoms with E-state index in [0.717, 1.165) is 23.2 Å². The van der Waals surface area contributed by atoms with E-state index in [0.29, 0.717) is 16.3 Å². The zero-order valence-corrected chi connectivity index (χ0v) is 22.4. The largest absolute Gasteiger partial charge is 0.496 e. The highest BCUT2D eigenvalue weighted by Gasteiger charge is 2.42. The number of hydrogen-bond acceptors (Lipinski definition) is 7. The van der Waals surface area contributed by atoms with Crippen LogP contribution in [-0.2, 0) is 14.3 Å². The number of amides is 3. The molecule has 0 bridgehead atoms. The van der Waals surface area contributed by atoms with Gasteiger partial charge >= 0.3 is 12.1 Å². The summed E-state index contributed by atoms with van der Waals surface area (Å²) in [6.07, 6.45) is -1.33. The number of halogens is 1. The highest BCUT2D eigenvalue weighted by atomic mass is 35.5. The topological polar surface area (TPSA) is 102 Å². The third-order valence-corrected chi connectivity index (χ3v) is 5.45. The summed E-state index contributed by atoms with van der Waals surface area (Å²) in [6.45, 7) is 10.3. The summed E-state index contributed by atoms with van der Waals surface area (Å²) in [5.74, 6) is -2.15. The molecule has 0 aliphatic heterocycles. The fraction of sp³-hybridized carbons (Fsp3) is 0.385. The second-order valence-electron chi connectivity index (χ2n) is 9.14. The molecule has 2 aromatic rings. The van der Waals surface area contributed by atoms with Gasteiger partial charge in [-0.05, 0) is 65.8 Å². The Labute approximate surface area is 215 Å². The molecule has 36 heavy (non-hydrogen) atoms. The van der Waals surface area contributed by atoms with Crippen LogP contribution in [0.4, 0.5) is 4.79 Å². The number of hydrogen-bond donors (Lipinski definition) is 0. The number of esters is 1. The van der Waals surface area contributed by atoms with Gasteiger partial charge in [0.2, 0.25) is 0 Å². The maximum absolute atomic E-state index is 13.9. The van der Waals surface area contributed by atoms with Gasteiger partial charge in [-0.1, -0.05) is 34.9 Å². The molecule has 0 heterocycles. The van der Waals surface area contributed by atoms with Crippen molar-refractivity contribution in [3.8, 4) is 5.75 Å². The van der Waals surface area contributed by atoms with E-state index in [9.17, 15) is 19.2 Å². The lowest BCUT2D eigenvalue weighted by atomic mass is 10.0. The van der Waals surface area contributed by atoms with Crippen molar-refractivity contribution in [1.29, 1.82) is 0 Å². The van der Waals surface area contributed by atoms with Crippen molar-refractivity contribution in [3.63, 3.8) is 0 Å². The Morgan fingerprint density at radius 1 is 0.917 bits per heavy atom. The second-order valence-corrected chi connectivity index (χ2v) is 9.53. The number of aryl methyl sites for hydroxylation is 2. The van der Waals surface area contributed by atoms with Crippen LogP contribution in [0.3, 0.4) is 0 Å². The van der Waals surface area contributed by atoms with Gasteiger partial charge in [0.25, 0.3) is 17.4 Å². The van der Waals surface area contributed by atoms with Gasteiger partial charge in [-0.2, -0.15) is 0 Å². The summed E-state index contributed by atoms with van der Waals surface area (Å²) in [6, 6.07) is 9.91. The molecule has 1 unspecified atom stereocenters. The molecule has 9 nitrogen and oxygen atoms in total. The van der Waals surface area contributed by atoms with Crippen molar-refractivity contribution in [2.75, 3.05) is 14.2 Å². The number of benzene rings is 2. The Kier molecular flexibility index (Phi) is 9.10. The van der Waals surface area contributed by atoms with Crippen molar-refractivity contribution in [2.45, 2.75) is 52.6 Å². The van der Waals surface area contributed by atoms with Crippen LogP contribution in [0, 0.1) is 20.8 Å². The Bertz CT molecular complexity index is 1150. The number of carbonyl (C=O) groups excluding carboxylic acids is 4. The molecule has 0 N–H and O–H groups in total. The van der Waals surface area contributed by atoms with Gasteiger partial charge in [0.15, 0.2) is 0 Å². The number of carbonyl (C=O) groups is 4. The Balaban J connectivity index is 2.72. The smallest absolute Gasteiger partial charge is 0.438 e. The van der Waals surface area contributed by atoms with E-state index in [1.807, 2.05) is 19.9 Å². The summed E-state index contributed by atoms with van der Waals surface area (Å²) in [4.78, 5) is 52.9. The van der Waals surface area contributed by atoms with E-state index in [1.54, 1.807) is 52.0 Å². The lowest BCUT2D eigenvalue weighted by molar-refractivity contribution is -0.147. The first-order valence-corrected chi connectivity index (χ1v) is 11.5. The van der Waals surface area contributed by atoms with Crippen molar-refractivity contribution >= 4 is 35.5 Å². The predicted molar refractivity (Wildman–Crippen MR) is 134 cm³/mol. The average Bonchev–Trinajstić information content (AvgIpc) is 2.79. The second kappa shape index (κ2) is 11.4. The van der Waals surface area contributed by atoms with Crippen LogP contribution >= 0.6 is 11.6 Å². The summed E-state index contributed by atoms with van der Waals surface area (Å²) < 4.78 is 14.9. The Morgan fingerprint density at radius 2 is 1.50 bits per heavy atom. The molecule has 0 radical (unpaired) electrons. The Morgan fingerprint density at radius 3 is 2.00 bits per heavy atom. The van der Waals surface area contributed by atoms with Crippen LogP contribution in [0.1, 0.15) is 58.2 Å². The molecule has 0 fully saturated rings.